The van der Waals surface area contributed by atoms with Gasteiger partial charge in [-0.2, -0.15) is 0 Å². The molecule has 0 bridgehead atoms. The number of morpholine rings is 1. The van der Waals surface area contributed by atoms with Gasteiger partial charge in [0.15, 0.2) is 11.6 Å². The van der Waals surface area contributed by atoms with Gasteiger partial charge in [0.2, 0.25) is 5.91 Å². The third-order valence-electron chi connectivity index (χ3n) is 7.08. The van der Waals surface area contributed by atoms with Gasteiger partial charge in [-0.05, 0) is 54.4 Å². The normalized spacial score (nSPS) is 13.3. The minimum atomic E-state index is -0.313. The highest BCUT2D eigenvalue weighted by atomic mass is 32.2. The Labute approximate surface area is 250 Å². The van der Waals surface area contributed by atoms with Crippen LogP contribution in [0.3, 0.4) is 0 Å². The maximum Gasteiger partial charge on any atom is 0.221 e. The third-order valence-corrected chi connectivity index (χ3v) is 7.94. The fraction of sp³-hybridized carbons (Fsp3) is 0.344. The highest BCUT2D eigenvalue weighted by Crippen LogP contribution is 2.39. The fourth-order valence-electron chi connectivity index (χ4n) is 4.93. The maximum absolute atomic E-state index is 15.8. The Morgan fingerprint density at radius 3 is 2.57 bits per heavy atom. The Hall–Kier alpha value is -3.89. The monoisotopic (exact) mass is 589 g/mol. The molecule has 4 aromatic rings. The van der Waals surface area contributed by atoms with Crippen LogP contribution >= 0.6 is 11.9 Å². The Balaban J connectivity index is 1.58. The van der Waals surface area contributed by atoms with Crippen LogP contribution < -0.4 is 19.7 Å². The van der Waals surface area contributed by atoms with Crippen molar-refractivity contribution in [2.75, 3.05) is 54.1 Å². The topological polar surface area (TPSA) is 88.6 Å². The molecule has 0 aliphatic carbocycles. The lowest BCUT2D eigenvalue weighted by Crippen LogP contribution is -2.37. The molecule has 2 N–H and O–H groups in total. The number of benzene rings is 3. The Kier molecular flexibility index (Phi) is 9.76. The largest absolute Gasteiger partial charge is 0.494 e. The summed E-state index contributed by atoms with van der Waals surface area (Å²) >= 11 is 1.53. The fourth-order valence-corrected chi connectivity index (χ4v) is 5.70. The molecule has 1 fully saturated rings. The van der Waals surface area contributed by atoms with Crippen molar-refractivity contribution in [1.29, 1.82) is 0 Å². The van der Waals surface area contributed by atoms with E-state index in [1.165, 1.54) is 18.9 Å². The number of anilines is 3. The van der Waals surface area contributed by atoms with Crippen LogP contribution in [0, 0.1) is 5.82 Å². The van der Waals surface area contributed by atoms with Crippen molar-refractivity contribution in [3.05, 3.63) is 60.4 Å². The minimum absolute atomic E-state index is 0.136. The van der Waals surface area contributed by atoms with E-state index in [1.807, 2.05) is 42.5 Å². The van der Waals surface area contributed by atoms with E-state index in [9.17, 15) is 4.79 Å². The van der Waals surface area contributed by atoms with Gasteiger partial charge in [0.25, 0.3) is 0 Å². The van der Waals surface area contributed by atoms with E-state index in [1.54, 1.807) is 19.2 Å². The Bertz CT molecular complexity index is 1540. The van der Waals surface area contributed by atoms with Crippen LogP contribution in [0.25, 0.3) is 33.4 Å². The summed E-state index contributed by atoms with van der Waals surface area (Å²) in [5.41, 5.74) is 3.74. The minimum Gasteiger partial charge on any atom is -0.494 e. The molecule has 0 radical (unpaired) electrons. The predicted octanol–water partition coefficient (Wildman–Crippen LogP) is 7.16. The van der Waals surface area contributed by atoms with Gasteiger partial charge in [-0.15, -0.1) is 0 Å². The number of halogens is 1. The van der Waals surface area contributed by atoms with Crippen molar-refractivity contribution < 1.29 is 18.7 Å². The van der Waals surface area contributed by atoms with Crippen molar-refractivity contribution in [2.45, 2.75) is 33.1 Å². The van der Waals surface area contributed by atoms with E-state index < -0.39 is 0 Å². The zero-order valence-corrected chi connectivity index (χ0v) is 25.0. The summed E-state index contributed by atoms with van der Waals surface area (Å²) in [5, 5.41) is 3.56. The summed E-state index contributed by atoms with van der Waals surface area (Å²) in [4.78, 5) is 23.6. The molecule has 0 spiro atoms. The summed E-state index contributed by atoms with van der Waals surface area (Å²) in [6.45, 7) is 6.15. The molecule has 1 aliphatic heterocycles. The summed E-state index contributed by atoms with van der Waals surface area (Å²) in [6.07, 6.45) is 3.39. The number of methoxy groups -OCH3 is 1. The number of carbonyl (C=O) groups is 1. The summed E-state index contributed by atoms with van der Waals surface area (Å²) in [5.74, 6) is 2.27. The number of ether oxygens (including phenoxy) is 2. The van der Waals surface area contributed by atoms with E-state index in [0.29, 0.717) is 65.9 Å². The standard InChI is InChI=1S/C32H36FN5O3S/c1-4-5-6-18-42-37-27-9-7-8-25(29(27)33)23-19-26-30(28(20-23)40-3)35-31(36-32(26)38-14-16-41-17-15-38)22-10-12-24(13-11-22)34-21(2)39/h7-13,19-20,37H,4-6,14-18H2,1-3H3,(H,34,39). The molecule has 2 heterocycles. The van der Waals surface area contributed by atoms with Gasteiger partial charge in [0, 0.05) is 48.0 Å². The highest BCUT2D eigenvalue weighted by molar-refractivity contribution is 8.00. The molecule has 1 amide bonds. The third kappa shape index (κ3) is 6.77. The van der Waals surface area contributed by atoms with E-state index in [-0.39, 0.29) is 11.7 Å². The van der Waals surface area contributed by atoms with E-state index in [4.69, 9.17) is 19.4 Å². The quantitative estimate of drug-likeness (QED) is 0.141. The van der Waals surface area contributed by atoms with Gasteiger partial charge in [-0.3, -0.25) is 4.79 Å². The second kappa shape index (κ2) is 13.8. The lowest BCUT2D eigenvalue weighted by Gasteiger charge is -2.29. The molecular formula is C32H36FN5O3S. The number of aromatic nitrogens is 2. The SMILES string of the molecule is CCCCCSNc1cccc(-c2cc(OC)c3nc(-c4ccc(NC(C)=O)cc4)nc(N4CCOCC4)c3c2)c1F. The van der Waals surface area contributed by atoms with Crippen molar-refractivity contribution in [3.63, 3.8) is 0 Å². The summed E-state index contributed by atoms with van der Waals surface area (Å²) < 4.78 is 30.5. The molecule has 220 valence electrons. The van der Waals surface area contributed by atoms with Crippen molar-refractivity contribution in [3.8, 4) is 28.3 Å². The zero-order chi connectivity index (χ0) is 29.5. The first-order chi connectivity index (χ1) is 20.5. The second-order valence-electron chi connectivity index (χ2n) is 10.1. The van der Waals surface area contributed by atoms with Crippen molar-refractivity contribution in [1.82, 2.24) is 9.97 Å². The van der Waals surface area contributed by atoms with Gasteiger partial charge in [-0.1, -0.05) is 43.8 Å². The van der Waals surface area contributed by atoms with Crippen LogP contribution in [0.2, 0.25) is 0 Å². The molecule has 3 aromatic carbocycles. The second-order valence-corrected chi connectivity index (χ2v) is 11.0. The molecule has 0 atom stereocenters. The zero-order valence-electron chi connectivity index (χ0n) is 24.2. The average Bonchev–Trinajstić information content (AvgIpc) is 3.01. The number of rotatable bonds is 11. The first-order valence-corrected chi connectivity index (χ1v) is 15.2. The van der Waals surface area contributed by atoms with Gasteiger partial charge in [0.1, 0.15) is 17.1 Å². The molecule has 1 aromatic heterocycles. The Morgan fingerprint density at radius 1 is 1.07 bits per heavy atom. The molecule has 10 heteroatoms. The van der Waals surface area contributed by atoms with Gasteiger partial charge in [-0.25, -0.2) is 14.4 Å². The smallest absolute Gasteiger partial charge is 0.221 e. The summed E-state index contributed by atoms with van der Waals surface area (Å²) in [6, 6.07) is 16.6. The first-order valence-electron chi connectivity index (χ1n) is 14.3. The lowest BCUT2D eigenvalue weighted by molar-refractivity contribution is -0.114. The molecule has 0 saturated carbocycles. The van der Waals surface area contributed by atoms with Crippen LogP contribution in [0.5, 0.6) is 5.75 Å². The lowest BCUT2D eigenvalue weighted by atomic mass is 10.0. The predicted molar refractivity (Wildman–Crippen MR) is 170 cm³/mol. The molecule has 0 unspecified atom stereocenters. The van der Waals surface area contributed by atoms with Crippen LogP contribution in [0.15, 0.2) is 54.6 Å². The maximum atomic E-state index is 15.8. The molecule has 1 saturated heterocycles. The van der Waals surface area contributed by atoms with Gasteiger partial charge < -0.3 is 24.4 Å². The van der Waals surface area contributed by atoms with Crippen molar-refractivity contribution in [2.24, 2.45) is 0 Å². The van der Waals surface area contributed by atoms with Gasteiger partial charge >= 0.3 is 0 Å². The number of hydrogen-bond acceptors (Lipinski definition) is 8. The summed E-state index contributed by atoms with van der Waals surface area (Å²) in [7, 11) is 1.60. The Morgan fingerprint density at radius 2 is 1.86 bits per heavy atom. The molecule has 1 aliphatic rings. The average molecular weight is 590 g/mol. The van der Waals surface area contributed by atoms with Crippen LogP contribution in [0.1, 0.15) is 33.1 Å². The number of unbranched alkanes of at least 4 members (excludes halogenated alkanes) is 2. The number of amides is 1. The number of nitrogens with zero attached hydrogens (tertiary/aromatic N) is 3. The molecule has 8 nitrogen and oxygen atoms in total. The first kappa shape index (κ1) is 29.6. The van der Waals surface area contributed by atoms with Crippen molar-refractivity contribution >= 4 is 46.0 Å². The molecule has 5 rings (SSSR count). The van der Waals surface area contributed by atoms with Crippen LogP contribution in [0.4, 0.5) is 21.6 Å². The number of fused-ring (bicyclic) bond motifs is 1. The highest BCUT2D eigenvalue weighted by Gasteiger charge is 2.22. The van der Waals surface area contributed by atoms with E-state index >= 15 is 4.39 Å². The van der Waals surface area contributed by atoms with Gasteiger partial charge in [0.05, 0.1) is 26.0 Å². The number of carbonyl (C=O) groups excluding carboxylic acids is 1. The van der Waals surface area contributed by atoms with Crippen LogP contribution in [-0.2, 0) is 9.53 Å². The van der Waals surface area contributed by atoms with E-state index in [2.05, 4.69) is 21.9 Å². The molecule has 42 heavy (non-hydrogen) atoms. The van der Waals surface area contributed by atoms with E-state index in [0.717, 1.165) is 41.8 Å². The molecular weight excluding hydrogens is 553 g/mol. The number of hydrogen-bond donors (Lipinski definition) is 2. The van der Waals surface area contributed by atoms with Crippen LogP contribution in [-0.4, -0.2) is 55.0 Å². The number of nitrogens with one attached hydrogen (secondary N) is 2.